The van der Waals surface area contributed by atoms with Crippen molar-refractivity contribution in [1.82, 2.24) is 5.01 Å². The first-order chi connectivity index (χ1) is 6.82. The number of nitrogens with two attached hydrogens (primary N) is 1. The van der Waals surface area contributed by atoms with Gasteiger partial charge in [-0.1, -0.05) is 11.6 Å². The summed E-state index contributed by atoms with van der Waals surface area (Å²) in [7, 11) is 0. The van der Waals surface area contributed by atoms with Crippen LogP contribution >= 0.6 is 24.0 Å². The first-order valence-electron chi connectivity index (χ1n) is 4.67. The average molecular weight is 263 g/mol. The highest BCUT2D eigenvalue weighted by Crippen LogP contribution is 2.15. The maximum atomic E-state index is 11.9. The van der Waals surface area contributed by atoms with Crippen molar-refractivity contribution in [3.63, 3.8) is 0 Å². The SMILES string of the molecule is CC(C)(C)N(N)C(=O)c1ccc(Cl)cc1.Cl. The second-order valence-corrected chi connectivity index (χ2v) is 4.79. The number of carbonyl (C=O) groups excluding carboxylic acids is 1. The molecule has 2 N–H and O–H groups in total. The summed E-state index contributed by atoms with van der Waals surface area (Å²) in [5.74, 6) is 5.51. The summed E-state index contributed by atoms with van der Waals surface area (Å²) in [4.78, 5) is 11.9. The van der Waals surface area contributed by atoms with Gasteiger partial charge in [-0.15, -0.1) is 12.4 Å². The molecule has 0 aliphatic rings. The zero-order chi connectivity index (χ0) is 11.6. The maximum absolute atomic E-state index is 11.9. The number of nitrogens with zero attached hydrogens (tertiary/aromatic N) is 1. The van der Waals surface area contributed by atoms with Crippen LogP contribution in [0.25, 0.3) is 0 Å². The van der Waals surface area contributed by atoms with Gasteiger partial charge in [0.25, 0.3) is 5.91 Å². The van der Waals surface area contributed by atoms with Crippen molar-refractivity contribution in [2.75, 3.05) is 0 Å². The Morgan fingerprint density at radius 2 is 1.69 bits per heavy atom. The standard InChI is InChI=1S/C11H15ClN2O.ClH/c1-11(2,3)14(13)10(15)8-4-6-9(12)7-5-8;/h4-7H,13H2,1-3H3;1H. The molecule has 1 amide bonds. The molecule has 0 bridgehead atoms. The Kier molecular flexibility index (Phi) is 5.26. The Morgan fingerprint density at radius 3 is 2.06 bits per heavy atom. The van der Waals surface area contributed by atoms with E-state index in [4.69, 9.17) is 17.4 Å². The third-order valence-corrected chi connectivity index (χ3v) is 2.28. The van der Waals surface area contributed by atoms with E-state index in [0.717, 1.165) is 0 Å². The molecule has 1 aromatic rings. The molecule has 0 saturated heterocycles. The lowest BCUT2D eigenvalue weighted by molar-refractivity contribution is 0.0582. The fraction of sp³-hybridized carbons (Fsp3) is 0.364. The number of hydrogen-bond donors (Lipinski definition) is 1. The topological polar surface area (TPSA) is 46.3 Å². The molecule has 90 valence electrons. The van der Waals surface area contributed by atoms with Gasteiger partial charge in [0.15, 0.2) is 0 Å². The van der Waals surface area contributed by atoms with E-state index < -0.39 is 5.54 Å². The highest BCUT2D eigenvalue weighted by molar-refractivity contribution is 6.30. The second kappa shape index (κ2) is 5.53. The molecular weight excluding hydrogens is 247 g/mol. The molecule has 1 rings (SSSR count). The van der Waals surface area contributed by atoms with Crippen molar-refractivity contribution in [2.45, 2.75) is 26.3 Å². The summed E-state index contributed by atoms with van der Waals surface area (Å²) in [6, 6.07) is 6.67. The number of hydrogen-bond acceptors (Lipinski definition) is 2. The average Bonchev–Trinajstić information content (AvgIpc) is 2.15. The molecule has 0 atom stereocenters. The van der Waals surface area contributed by atoms with Crippen molar-refractivity contribution >= 4 is 29.9 Å². The van der Waals surface area contributed by atoms with Gasteiger partial charge in [-0.05, 0) is 45.0 Å². The lowest BCUT2D eigenvalue weighted by Gasteiger charge is -2.31. The number of carbonyl (C=O) groups is 1. The minimum atomic E-state index is -0.392. The van der Waals surface area contributed by atoms with Crippen LogP contribution in [0.15, 0.2) is 24.3 Å². The predicted molar refractivity (Wildman–Crippen MR) is 68.8 cm³/mol. The van der Waals surface area contributed by atoms with Gasteiger partial charge >= 0.3 is 0 Å². The van der Waals surface area contributed by atoms with Crippen molar-refractivity contribution < 1.29 is 4.79 Å². The Labute approximate surface area is 107 Å². The van der Waals surface area contributed by atoms with E-state index in [2.05, 4.69) is 0 Å². The van der Waals surface area contributed by atoms with Gasteiger partial charge in [-0.3, -0.25) is 9.80 Å². The van der Waals surface area contributed by atoms with Gasteiger partial charge in [0.1, 0.15) is 0 Å². The van der Waals surface area contributed by atoms with Crippen LogP contribution in [0.3, 0.4) is 0 Å². The fourth-order valence-electron chi connectivity index (χ4n) is 1.04. The Bertz CT molecular complexity index is 357. The van der Waals surface area contributed by atoms with Crippen LogP contribution in [0.4, 0.5) is 0 Å². The van der Waals surface area contributed by atoms with E-state index in [0.29, 0.717) is 10.6 Å². The minimum absolute atomic E-state index is 0. The van der Waals surface area contributed by atoms with Crippen molar-refractivity contribution in [1.29, 1.82) is 0 Å². The summed E-state index contributed by atoms with van der Waals surface area (Å²) >= 11 is 5.73. The van der Waals surface area contributed by atoms with Crippen LogP contribution in [0.1, 0.15) is 31.1 Å². The lowest BCUT2D eigenvalue weighted by atomic mass is 10.1. The van der Waals surface area contributed by atoms with Crippen molar-refractivity contribution in [3.8, 4) is 0 Å². The molecule has 0 heterocycles. The van der Waals surface area contributed by atoms with Crippen molar-refractivity contribution in [3.05, 3.63) is 34.9 Å². The van der Waals surface area contributed by atoms with Crippen LogP contribution in [-0.2, 0) is 0 Å². The van der Waals surface area contributed by atoms with Gasteiger partial charge in [0.05, 0.1) is 5.54 Å². The normalized spacial score (nSPS) is 10.6. The van der Waals surface area contributed by atoms with Gasteiger partial charge in [0.2, 0.25) is 0 Å². The Morgan fingerprint density at radius 1 is 1.25 bits per heavy atom. The molecule has 5 heteroatoms. The number of amides is 1. The molecule has 0 aliphatic carbocycles. The summed E-state index contributed by atoms with van der Waals surface area (Å²) in [6.07, 6.45) is 0. The molecule has 0 radical (unpaired) electrons. The number of benzene rings is 1. The number of hydrazine groups is 1. The fourth-order valence-corrected chi connectivity index (χ4v) is 1.16. The Balaban J connectivity index is 0.00000225. The predicted octanol–water partition coefficient (Wildman–Crippen LogP) is 2.88. The zero-order valence-electron chi connectivity index (χ0n) is 9.53. The molecule has 0 spiro atoms. The maximum Gasteiger partial charge on any atom is 0.268 e. The van der Waals surface area contributed by atoms with Crippen LogP contribution in [0.5, 0.6) is 0 Å². The van der Waals surface area contributed by atoms with Crippen LogP contribution in [0, 0.1) is 0 Å². The van der Waals surface area contributed by atoms with Crippen LogP contribution < -0.4 is 5.84 Å². The molecule has 3 nitrogen and oxygen atoms in total. The van der Waals surface area contributed by atoms with E-state index in [1.807, 2.05) is 20.8 Å². The summed E-state index contributed by atoms with van der Waals surface area (Å²) in [5, 5.41) is 1.82. The summed E-state index contributed by atoms with van der Waals surface area (Å²) < 4.78 is 0. The van der Waals surface area contributed by atoms with E-state index in [-0.39, 0.29) is 18.3 Å². The summed E-state index contributed by atoms with van der Waals surface area (Å²) in [6.45, 7) is 5.63. The van der Waals surface area contributed by atoms with E-state index >= 15 is 0 Å². The van der Waals surface area contributed by atoms with Crippen molar-refractivity contribution in [2.24, 2.45) is 5.84 Å². The monoisotopic (exact) mass is 262 g/mol. The zero-order valence-corrected chi connectivity index (χ0v) is 11.1. The first kappa shape index (κ1) is 15.2. The lowest BCUT2D eigenvalue weighted by Crippen LogP contribution is -2.50. The highest BCUT2D eigenvalue weighted by Gasteiger charge is 2.24. The molecule has 0 aliphatic heterocycles. The molecule has 16 heavy (non-hydrogen) atoms. The van der Waals surface area contributed by atoms with Crippen LogP contribution in [-0.4, -0.2) is 16.5 Å². The molecule has 1 aromatic carbocycles. The van der Waals surface area contributed by atoms with E-state index in [1.54, 1.807) is 24.3 Å². The van der Waals surface area contributed by atoms with E-state index in [1.165, 1.54) is 5.01 Å². The molecule has 0 aromatic heterocycles. The summed E-state index contributed by atoms with van der Waals surface area (Å²) in [5.41, 5.74) is 0.147. The molecule has 0 saturated carbocycles. The largest absolute Gasteiger partial charge is 0.271 e. The Hall–Kier alpha value is -0.770. The number of rotatable bonds is 1. The van der Waals surface area contributed by atoms with Gasteiger partial charge in [-0.2, -0.15) is 0 Å². The highest BCUT2D eigenvalue weighted by atomic mass is 35.5. The first-order valence-corrected chi connectivity index (χ1v) is 5.05. The minimum Gasteiger partial charge on any atom is -0.271 e. The molecular formula is C11H16Cl2N2O. The third kappa shape index (κ3) is 3.67. The third-order valence-electron chi connectivity index (χ3n) is 2.03. The van der Waals surface area contributed by atoms with Gasteiger partial charge in [0, 0.05) is 10.6 Å². The smallest absolute Gasteiger partial charge is 0.268 e. The second-order valence-electron chi connectivity index (χ2n) is 4.35. The quantitative estimate of drug-likeness (QED) is 0.481. The van der Waals surface area contributed by atoms with Gasteiger partial charge in [-0.25, -0.2) is 5.84 Å². The van der Waals surface area contributed by atoms with Crippen LogP contribution in [0.2, 0.25) is 5.02 Å². The van der Waals surface area contributed by atoms with Gasteiger partial charge < -0.3 is 0 Å². The van der Waals surface area contributed by atoms with E-state index in [9.17, 15) is 4.79 Å². The number of halogens is 2. The molecule has 0 fully saturated rings. The molecule has 0 unspecified atom stereocenters.